The third kappa shape index (κ3) is 4.11. The number of aromatic nitrogens is 3. The molecule has 2 heterocycles. The Morgan fingerprint density at radius 2 is 1.91 bits per heavy atom. The van der Waals surface area contributed by atoms with Crippen LogP contribution >= 0.6 is 11.6 Å². The summed E-state index contributed by atoms with van der Waals surface area (Å²) in [5.41, 5.74) is 2.98. The first-order valence-corrected chi connectivity index (χ1v) is 10.5. The molecule has 2 aromatic carbocycles. The van der Waals surface area contributed by atoms with Crippen LogP contribution in [0.15, 0.2) is 59.5 Å². The highest BCUT2D eigenvalue weighted by Crippen LogP contribution is 2.25. The van der Waals surface area contributed by atoms with Crippen LogP contribution in [-0.2, 0) is 17.9 Å². The Labute approximate surface area is 190 Å². The number of ether oxygens (including phenoxy) is 1. The van der Waals surface area contributed by atoms with E-state index < -0.39 is 0 Å². The van der Waals surface area contributed by atoms with Gasteiger partial charge in [0.25, 0.3) is 5.56 Å². The fourth-order valence-electron chi connectivity index (χ4n) is 3.83. The zero-order chi connectivity index (χ0) is 22.8. The number of rotatable bonds is 6. The van der Waals surface area contributed by atoms with Crippen LogP contribution in [-0.4, -0.2) is 27.4 Å². The number of amides is 1. The van der Waals surface area contributed by atoms with E-state index in [0.29, 0.717) is 28.4 Å². The summed E-state index contributed by atoms with van der Waals surface area (Å²) < 4.78 is 8.41. The molecular weight excluding hydrogens is 428 g/mol. The van der Waals surface area contributed by atoms with E-state index in [1.807, 2.05) is 38.1 Å². The number of hydrogen-bond donors (Lipinski definition) is 1. The van der Waals surface area contributed by atoms with Gasteiger partial charge in [0, 0.05) is 40.1 Å². The Morgan fingerprint density at radius 3 is 2.66 bits per heavy atom. The lowest BCUT2D eigenvalue weighted by atomic mass is 10.2. The van der Waals surface area contributed by atoms with Crippen molar-refractivity contribution in [3.8, 4) is 5.75 Å². The van der Waals surface area contributed by atoms with Gasteiger partial charge in [0.15, 0.2) is 0 Å². The number of anilines is 1. The van der Waals surface area contributed by atoms with Crippen LogP contribution in [0.5, 0.6) is 5.75 Å². The Hall–Kier alpha value is -3.58. The minimum Gasteiger partial charge on any atom is -0.497 e. The lowest BCUT2D eigenvalue weighted by molar-refractivity contribution is -0.117. The SMILES string of the molecule is COc1cccc(NC(=O)Cn2ncc3c(C)n(Cc4ccccc4Cl)c(C)c3c2=O)c1. The number of methoxy groups -OCH3 is 1. The first-order chi connectivity index (χ1) is 15.4. The maximum absolute atomic E-state index is 13.2. The molecule has 7 nitrogen and oxygen atoms in total. The molecule has 0 saturated heterocycles. The number of fused-ring (bicyclic) bond motifs is 1. The van der Waals surface area contributed by atoms with Crippen LogP contribution in [0.3, 0.4) is 0 Å². The van der Waals surface area contributed by atoms with Crippen LogP contribution < -0.4 is 15.6 Å². The van der Waals surface area contributed by atoms with E-state index in [1.165, 1.54) is 4.68 Å². The fraction of sp³-hybridized carbons (Fsp3) is 0.208. The summed E-state index contributed by atoms with van der Waals surface area (Å²) in [7, 11) is 1.56. The zero-order valence-electron chi connectivity index (χ0n) is 18.1. The molecule has 0 bridgehead atoms. The monoisotopic (exact) mass is 450 g/mol. The first-order valence-electron chi connectivity index (χ1n) is 10.1. The highest BCUT2D eigenvalue weighted by atomic mass is 35.5. The smallest absolute Gasteiger partial charge is 0.276 e. The van der Waals surface area contributed by atoms with Gasteiger partial charge >= 0.3 is 0 Å². The van der Waals surface area contributed by atoms with E-state index in [9.17, 15) is 9.59 Å². The summed E-state index contributed by atoms with van der Waals surface area (Å²) in [6.07, 6.45) is 1.64. The maximum atomic E-state index is 13.2. The summed E-state index contributed by atoms with van der Waals surface area (Å²) >= 11 is 6.33. The van der Waals surface area contributed by atoms with Crippen molar-refractivity contribution in [1.82, 2.24) is 14.3 Å². The van der Waals surface area contributed by atoms with E-state index in [4.69, 9.17) is 16.3 Å². The highest BCUT2D eigenvalue weighted by molar-refractivity contribution is 6.31. The molecule has 0 unspecified atom stereocenters. The Balaban J connectivity index is 1.63. The number of nitrogens with zero attached hydrogens (tertiary/aromatic N) is 3. The molecule has 0 spiro atoms. The fourth-order valence-corrected chi connectivity index (χ4v) is 4.02. The summed E-state index contributed by atoms with van der Waals surface area (Å²) in [6.45, 7) is 4.20. The molecule has 0 aliphatic carbocycles. The summed E-state index contributed by atoms with van der Waals surface area (Å²) in [4.78, 5) is 25.7. The second-order valence-corrected chi connectivity index (χ2v) is 7.93. The van der Waals surface area contributed by atoms with Gasteiger partial charge in [-0.15, -0.1) is 0 Å². The van der Waals surface area contributed by atoms with Crippen molar-refractivity contribution in [3.63, 3.8) is 0 Å². The number of aryl methyl sites for hydroxylation is 2. The van der Waals surface area contributed by atoms with Gasteiger partial charge in [-0.1, -0.05) is 35.9 Å². The predicted octanol–water partition coefficient (Wildman–Crippen LogP) is 4.16. The third-order valence-corrected chi connectivity index (χ3v) is 5.91. The van der Waals surface area contributed by atoms with Crippen LogP contribution in [0.2, 0.25) is 5.02 Å². The van der Waals surface area contributed by atoms with E-state index in [-0.39, 0.29) is 18.0 Å². The van der Waals surface area contributed by atoms with Gasteiger partial charge < -0.3 is 14.6 Å². The lowest BCUT2D eigenvalue weighted by Gasteiger charge is -2.10. The quantitative estimate of drug-likeness (QED) is 0.478. The standard InChI is InChI=1S/C24H23ClN4O3/c1-15-20-12-26-29(14-22(30)27-18-8-6-9-19(11-18)32-3)24(31)23(20)16(2)28(15)13-17-7-4-5-10-21(17)25/h4-12H,13-14H2,1-3H3,(H,27,30). The topological polar surface area (TPSA) is 78.2 Å². The van der Waals surface area contributed by atoms with Crippen LogP contribution in [0, 0.1) is 13.8 Å². The number of carbonyl (C=O) groups is 1. The van der Waals surface area contributed by atoms with Gasteiger partial charge in [0.1, 0.15) is 12.3 Å². The van der Waals surface area contributed by atoms with Gasteiger partial charge in [-0.3, -0.25) is 9.59 Å². The van der Waals surface area contributed by atoms with E-state index >= 15 is 0 Å². The maximum Gasteiger partial charge on any atom is 0.276 e. The molecule has 0 radical (unpaired) electrons. The van der Waals surface area contributed by atoms with Crippen LogP contribution in [0.1, 0.15) is 17.0 Å². The van der Waals surface area contributed by atoms with Crippen molar-refractivity contribution in [3.05, 3.63) is 87.1 Å². The zero-order valence-corrected chi connectivity index (χ0v) is 18.8. The van der Waals surface area contributed by atoms with Crippen molar-refractivity contribution >= 4 is 34.0 Å². The largest absolute Gasteiger partial charge is 0.497 e. The van der Waals surface area contributed by atoms with Gasteiger partial charge in [-0.05, 0) is 37.6 Å². The number of carbonyl (C=O) groups excluding carboxylic acids is 1. The average molecular weight is 451 g/mol. The summed E-state index contributed by atoms with van der Waals surface area (Å²) in [6, 6.07) is 14.7. The highest BCUT2D eigenvalue weighted by Gasteiger charge is 2.18. The van der Waals surface area contributed by atoms with Gasteiger partial charge in [0.05, 0.1) is 18.7 Å². The number of hydrogen-bond acceptors (Lipinski definition) is 4. The van der Waals surface area contributed by atoms with Gasteiger partial charge in [-0.25, -0.2) is 4.68 Å². The van der Waals surface area contributed by atoms with Crippen molar-refractivity contribution in [2.24, 2.45) is 0 Å². The second kappa shape index (κ2) is 8.88. The number of nitrogens with one attached hydrogen (secondary N) is 1. The van der Waals surface area contributed by atoms with Gasteiger partial charge in [0.2, 0.25) is 5.91 Å². The Morgan fingerprint density at radius 1 is 1.12 bits per heavy atom. The van der Waals surface area contributed by atoms with Crippen LogP contribution in [0.4, 0.5) is 5.69 Å². The number of benzene rings is 2. The molecule has 1 amide bonds. The molecule has 0 aliphatic rings. The molecule has 4 rings (SSSR count). The van der Waals surface area contributed by atoms with Crippen molar-refractivity contribution in [1.29, 1.82) is 0 Å². The molecule has 2 aromatic heterocycles. The minimum atomic E-state index is -0.350. The summed E-state index contributed by atoms with van der Waals surface area (Å²) in [5.74, 6) is 0.280. The molecule has 0 saturated carbocycles. The normalized spacial score (nSPS) is 11.0. The molecule has 1 N–H and O–H groups in total. The molecule has 0 atom stereocenters. The lowest BCUT2D eigenvalue weighted by Crippen LogP contribution is -2.29. The van der Waals surface area contributed by atoms with Crippen LogP contribution in [0.25, 0.3) is 10.8 Å². The van der Waals surface area contributed by atoms with Crippen molar-refractivity contribution < 1.29 is 9.53 Å². The molecule has 32 heavy (non-hydrogen) atoms. The number of halogens is 1. The van der Waals surface area contributed by atoms with Crippen molar-refractivity contribution in [2.45, 2.75) is 26.9 Å². The molecule has 164 valence electrons. The van der Waals surface area contributed by atoms with E-state index in [0.717, 1.165) is 22.3 Å². The Bertz CT molecular complexity index is 1370. The third-order valence-electron chi connectivity index (χ3n) is 5.54. The Kier molecular flexibility index (Phi) is 6.01. The van der Waals surface area contributed by atoms with Gasteiger partial charge in [-0.2, -0.15) is 5.10 Å². The molecule has 8 heteroatoms. The van der Waals surface area contributed by atoms with E-state index in [2.05, 4.69) is 15.0 Å². The average Bonchev–Trinajstić information content (AvgIpc) is 3.02. The van der Waals surface area contributed by atoms with Crippen molar-refractivity contribution in [2.75, 3.05) is 12.4 Å². The second-order valence-electron chi connectivity index (χ2n) is 7.52. The minimum absolute atomic E-state index is 0.194. The molecule has 0 fully saturated rings. The molecule has 0 aliphatic heterocycles. The first kappa shape index (κ1) is 21.6. The summed E-state index contributed by atoms with van der Waals surface area (Å²) in [5, 5.41) is 9.01. The predicted molar refractivity (Wildman–Crippen MR) is 126 cm³/mol. The molecule has 4 aromatic rings. The molecular formula is C24H23ClN4O3. The van der Waals surface area contributed by atoms with E-state index in [1.54, 1.807) is 37.6 Å².